The lowest BCUT2D eigenvalue weighted by Crippen LogP contribution is -2.48. The minimum absolute atomic E-state index is 0.0999. The number of carbonyl (C=O) groups is 3. The van der Waals surface area contributed by atoms with E-state index in [1.807, 2.05) is 30.2 Å². The highest BCUT2D eigenvalue weighted by molar-refractivity contribution is 6.11. The van der Waals surface area contributed by atoms with Gasteiger partial charge in [-0.3, -0.25) is 19.3 Å². The van der Waals surface area contributed by atoms with E-state index in [1.54, 1.807) is 18.2 Å². The lowest BCUT2D eigenvalue weighted by Gasteiger charge is -2.39. The molecule has 1 saturated carbocycles. The van der Waals surface area contributed by atoms with Crippen molar-refractivity contribution in [2.24, 2.45) is 0 Å². The summed E-state index contributed by atoms with van der Waals surface area (Å²) in [5.74, 6) is -1.44. The van der Waals surface area contributed by atoms with Gasteiger partial charge >= 0.3 is 0 Å². The lowest BCUT2D eigenvalue weighted by molar-refractivity contribution is -0.145. The summed E-state index contributed by atoms with van der Waals surface area (Å²) in [7, 11) is 0. The molecule has 7 heteroatoms. The van der Waals surface area contributed by atoms with E-state index in [4.69, 9.17) is 0 Å². The Morgan fingerprint density at radius 2 is 1.85 bits per heavy atom. The highest BCUT2D eigenvalue weighted by Crippen LogP contribution is 2.44. The Labute approximate surface area is 193 Å². The normalized spacial score (nSPS) is 25.7. The first kappa shape index (κ1) is 21.9. The van der Waals surface area contributed by atoms with Gasteiger partial charge in [-0.15, -0.1) is 0 Å². The van der Waals surface area contributed by atoms with Crippen LogP contribution in [0.2, 0.25) is 0 Å². The molecule has 3 aliphatic rings. The summed E-state index contributed by atoms with van der Waals surface area (Å²) in [4.78, 5) is 43.9. The summed E-state index contributed by atoms with van der Waals surface area (Å²) in [6, 6.07) is 9.86. The van der Waals surface area contributed by atoms with Gasteiger partial charge in [0, 0.05) is 49.4 Å². The minimum atomic E-state index is -1.49. The fourth-order valence-corrected chi connectivity index (χ4v) is 6.14. The third-order valence-electron chi connectivity index (χ3n) is 7.75. The number of hydrogen-bond donors (Lipinski definition) is 0. The number of fused-ring (bicyclic) bond motifs is 1. The molecular formula is C26H30FN3O3. The van der Waals surface area contributed by atoms with Gasteiger partial charge in [-0.05, 0) is 37.5 Å². The maximum absolute atomic E-state index is 15.1. The van der Waals surface area contributed by atoms with Gasteiger partial charge in [-0.2, -0.15) is 0 Å². The molecule has 0 spiro atoms. The lowest BCUT2D eigenvalue weighted by atomic mass is 9.75. The van der Waals surface area contributed by atoms with Crippen LogP contribution in [0.5, 0.6) is 0 Å². The summed E-state index contributed by atoms with van der Waals surface area (Å²) in [6.45, 7) is 3.24. The van der Waals surface area contributed by atoms with Crippen LogP contribution >= 0.6 is 0 Å². The zero-order chi connectivity index (χ0) is 23.2. The van der Waals surface area contributed by atoms with Crippen LogP contribution in [0, 0.1) is 5.82 Å². The number of benzene rings is 1. The molecule has 0 radical (unpaired) electrons. The van der Waals surface area contributed by atoms with Crippen LogP contribution in [0.4, 0.5) is 4.39 Å². The summed E-state index contributed by atoms with van der Waals surface area (Å²) in [5.41, 5.74) is -0.260. The topological polar surface area (TPSA) is 62.6 Å². The molecule has 0 unspecified atom stereocenters. The van der Waals surface area contributed by atoms with Crippen LogP contribution in [0.25, 0.3) is 0 Å². The van der Waals surface area contributed by atoms with Gasteiger partial charge < -0.3 is 9.47 Å². The van der Waals surface area contributed by atoms with Crippen molar-refractivity contribution >= 4 is 17.7 Å². The summed E-state index contributed by atoms with van der Waals surface area (Å²) in [5, 5.41) is 0. The van der Waals surface area contributed by atoms with Crippen LogP contribution in [-0.4, -0.2) is 44.7 Å². The second kappa shape index (κ2) is 8.43. The molecule has 0 bridgehead atoms. The molecule has 3 heterocycles. The molecule has 2 aliphatic heterocycles. The Kier molecular flexibility index (Phi) is 5.59. The molecule has 1 aromatic heterocycles. The van der Waals surface area contributed by atoms with Gasteiger partial charge in [0.1, 0.15) is 5.82 Å². The Balaban J connectivity index is 1.51. The smallest absolute Gasteiger partial charge is 0.241 e. The molecule has 0 N–H and O–H groups in total. The van der Waals surface area contributed by atoms with E-state index in [2.05, 4.69) is 4.57 Å². The summed E-state index contributed by atoms with van der Waals surface area (Å²) >= 11 is 0. The fraction of sp³-hybridized carbons (Fsp3) is 0.500. The average molecular weight is 452 g/mol. The number of amides is 3. The van der Waals surface area contributed by atoms with E-state index in [1.165, 1.54) is 11.0 Å². The second-order valence-electron chi connectivity index (χ2n) is 9.56. The predicted molar refractivity (Wildman–Crippen MR) is 121 cm³/mol. The van der Waals surface area contributed by atoms with E-state index < -0.39 is 17.1 Å². The molecule has 6 nitrogen and oxygen atoms in total. The van der Waals surface area contributed by atoms with E-state index in [-0.39, 0.29) is 42.3 Å². The number of halogens is 1. The Morgan fingerprint density at radius 3 is 2.58 bits per heavy atom. The van der Waals surface area contributed by atoms with Crippen molar-refractivity contribution in [2.45, 2.75) is 75.9 Å². The molecule has 5 rings (SSSR count). The van der Waals surface area contributed by atoms with Gasteiger partial charge in [-0.1, -0.05) is 38.0 Å². The van der Waals surface area contributed by atoms with Gasteiger partial charge in [0.2, 0.25) is 17.7 Å². The van der Waals surface area contributed by atoms with E-state index in [0.717, 1.165) is 37.8 Å². The molecule has 1 aromatic carbocycles. The standard InChI is InChI=1S/C26H30FN3O3/c1-2-21-22-12-7-13-28(22)14-15-29(21)23(31)16-26(19-10-5-6-11-20(19)27)17-24(32)30(25(26)33)18-8-3-4-9-18/h5-7,10-13,18,21H,2-4,8-9,14-17H2,1H3/t21-,26+/m0/s1. The number of rotatable bonds is 5. The monoisotopic (exact) mass is 451 g/mol. The van der Waals surface area contributed by atoms with Crippen LogP contribution in [0.15, 0.2) is 42.6 Å². The van der Waals surface area contributed by atoms with Crippen molar-refractivity contribution < 1.29 is 18.8 Å². The van der Waals surface area contributed by atoms with Crippen molar-refractivity contribution in [3.63, 3.8) is 0 Å². The molecule has 1 saturated heterocycles. The van der Waals surface area contributed by atoms with Gasteiger partial charge in [0.05, 0.1) is 11.5 Å². The molecule has 2 atom stereocenters. The molecule has 33 heavy (non-hydrogen) atoms. The minimum Gasteiger partial charge on any atom is -0.348 e. The maximum atomic E-state index is 15.1. The van der Waals surface area contributed by atoms with Gasteiger partial charge in [0.15, 0.2) is 0 Å². The summed E-state index contributed by atoms with van der Waals surface area (Å²) < 4.78 is 17.2. The van der Waals surface area contributed by atoms with Crippen molar-refractivity contribution in [1.29, 1.82) is 0 Å². The highest BCUT2D eigenvalue weighted by atomic mass is 19.1. The Hall–Kier alpha value is -2.96. The quantitative estimate of drug-likeness (QED) is 0.647. The van der Waals surface area contributed by atoms with Crippen molar-refractivity contribution in [2.75, 3.05) is 6.54 Å². The molecular weight excluding hydrogens is 421 g/mol. The van der Waals surface area contributed by atoms with Crippen molar-refractivity contribution in [3.8, 4) is 0 Å². The number of nitrogens with zero attached hydrogens (tertiary/aromatic N) is 3. The largest absolute Gasteiger partial charge is 0.348 e. The number of hydrogen-bond acceptors (Lipinski definition) is 3. The van der Waals surface area contributed by atoms with Crippen molar-refractivity contribution in [3.05, 3.63) is 59.7 Å². The van der Waals surface area contributed by atoms with Crippen LogP contribution in [-0.2, 0) is 26.3 Å². The van der Waals surface area contributed by atoms with Crippen LogP contribution < -0.4 is 0 Å². The predicted octanol–water partition coefficient (Wildman–Crippen LogP) is 3.95. The first-order chi connectivity index (χ1) is 16.0. The zero-order valence-electron chi connectivity index (χ0n) is 19.0. The molecule has 2 fully saturated rings. The number of carbonyl (C=O) groups excluding carboxylic acids is 3. The second-order valence-corrected chi connectivity index (χ2v) is 9.56. The molecule has 2 aromatic rings. The van der Waals surface area contributed by atoms with Crippen LogP contribution in [0.1, 0.15) is 69.2 Å². The van der Waals surface area contributed by atoms with Gasteiger partial charge in [0.25, 0.3) is 0 Å². The molecule has 1 aliphatic carbocycles. The summed E-state index contributed by atoms with van der Waals surface area (Å²) in [6.07, 6.45) is 5.90. The Morgan fingerprint density at radius 1 is 1.09 bits per heavy atom. The first-order valence-corrected chi connectivity index (χ1v) is 12.0. The Bertz CT molecular complexity index is 1090. The zero-order valence-corrected chi connectivity index (χ0v) is 19.0. The van der Waals surface area contributed by atoms with E-state index in [0.29, 0.717) is 13.1 Å². The maximum Gasteiger partial charge on any atom is 0.241 e. The first-order valence-electron chi connectivity index (χ1n) is 12.0. The van der Waals surface area contributed by atoms with Crippen LogP contribution in [0.3, 0.4) is 0 Å². The third-order valence-corrected chi connectivity index (χ3v) is 7.75. The highest BCUT2D eigenvalue weighted by Gasteiger charge is 2.57. The number of imide groups is 1. The third kappa shape index (κ3) is 3.49. The number of likely N-dealkylation sites (tertiary alicyclic amines) is 1. The molecule has 174 valence electrons. The number of aromatic nitrogens is 1. The average Bonchev–Trinajstić information content (AvgIpc) is 3.54. The fourth-order valence-electron chi connectivity index (χ4n) is 6.14. The molecule has 3 amide bonds. The van der Waals surface area contributed by atoms with Crippen molar-refractivity contribution in [1.82, 2.24) is 14.4 Å². The van der Waals surface area contributed by atoms with E-state index >= 15 is 4.39 Å². The van der Waals surface area contributed by atoms with E-state index in [9.17, 15) is 14.4 Å². The van der Waals surface area contributed by atoms with Gasteiger partial charge in [-0.25, -0.2) is 4.39 Å². The SMILES string of the molecule is CC[C@H]1c2cccn2CCN1C(=O)C[C@]1(c2ccccc2F)CC(=O)N(C2CCCC2)C1=O.